The molecule has 1 aliphatic heterocycles. The molecule has 0 unspecified atom stereocenters. The molecule has 0 bridgehead atoms. The van der Waals surface area contributed by atoms with E-state index < -0.39 is 18.4 Å². The van der Waals surface area contributed by atoms with Crippen molar-refractivity contribution >= 4 is 39.4 Å². The van der Waals surface area contributed by atoms with Crippen LogP contribution in [0.1, 0.15) is 10.4 Å². The molecule has 0 aromatic heterocycles. The third kappa shape index (κ3) is 2.90. The van der Waals surface area contributed by atoms with Crippen molar-refractivity contribution in [2.45, 2.75) is 0 Å². The van der Waals surface area contributed by atoms with Gasteiger partial charge in [-0.25, -0.2) is 0 Å². The number of carboxylic acids is 1. The monoisotopic (exact) mass is 342 g/mol. The van der Waals surface area contributed by atoms with Gasteiger partial charge in [0.25, 0.3) is 11.8 Å². The number of fused-ring (bicyclic) bond motifs is 1. The molecule has 0 saturated heterocycles. The Bertz CT molecular complexity index is 602. The molecule has 2 rings (SSSR count). The maximum atomic E-state index is 12.1. The van der Waals surface area contributed by atoms with Crippen LogP contribution in [0.2, 0.25) is 0 Å². The number of nitrogens with zero attached hydrogens (tertiary/aromatic N) is 1. The van der Waals surface area contributed by atoms with E-state index in [1.165, 1.54) is 13.1 Å². The van der Waals surface area contributed by atoms with Crippen molar-refractivity contribution in [1.29, 1.82) is 0 Å². The van der Waals surface area contributed by atoms with E-state index in [1.807, 2.05) is 0 Å². The molecule has 0 saturated carbocycles. The highest BCUT2D eigenvalue weighted by atomic mass is 79.9. The first kappa shape index (κ1) is 14.3. The van der Waals surface area contributed by atoms with Crippen molar-refractivity contribution in [3.05, 3.63) is 22.2 Å². The molecule has 2 N–H and O–H groups in total. The number of hydrogen-bond donors (Lipinski definition) is 2. The average molecular weight is 343 g/mol. The van der Waals surface area contributed by atoms with Gasteiger partial charge in [-0.15, -0.1) is 0 Å². The summed E-state index contributed by atoms with van der Waals surface area (Å²) >= 11 is 3.23. The zero-order valence-corrected chi connectivity index (χ0v) is 12.1. The fourth-order valence-corrected chi connectivity index (χ4v) is 2.26. The maximum absolute atomic E-state index is 12.1. The van der Waals surface area contributed by atoms with Crippen LogP contribution < -0.4 is 10.1 Å². The summed E-state index contributed by atoms with van der Waals surface area (Å²) in [5.74, 6) is -1.45. The number of ether oxygens (including phenoxy) is 1. The van der Waals surface area contributed by atoms with E-state index >= 15 is 0 Å². The first-order valence-corrected chi connectivity index (χ1v) is 6.41. The molecule has 20 heavy (non-hydrogen) atoms. The quantitative estimate of drug-likeness (QED) is 0.852. The number of benzene rings is 1. The zero-order chi connectivity index (χ0) is 14.9. The van der Waals surface area contributed by atoms with Gasteiger partial charge in [-0.3, -0.25) is 14.4 Å². The Morgan fingerprint density at radius 3 is 2.85 bits per heavy atom. The summed E-state index contributed by atoms with van der Waals surface area (Å²) in [6.07, 6.45) is 0. The summed E-state index contributed by atoms with van der Waals surface area (Å²) in [6.45, 7) is -0.521. The molecule has 7 nitrogen and oxygen atoms in total. The molecule has 0 spiro atoms. The lowest BCUT2D eigenvalue weighted by atomic mass is 10.1. The van der Waals surface area contributed by atoms with E-state index in [9.17, 15) is 14.4 Å². The highest BCUT2D eigenvalue weighted by Crippen LogP contribution is 2.34. The SMILES string of the molecule is CN(CC(=O)O)C(=O)c1cc2c(cc1Br)NC(=O)CO2. The summed E-state index contributed by atoms with van der Waals surface area (Å²) in [5.41, 5.74) is 0.731. The molecule has 106 valence electrons. The molecule has 1 heterocycles. The van der Waals surface area contributed by atoms with Crippen molar-refractivity contribution in [2.75, 3.05) is 25.5 Å². The third-order valence-electron chi connectivity index (χ3n) is 2.65. The lowest BCUT2D eigenvalue weighted by Crippen LogP contribution is -2.32. The van der Waals surface area contributed by atoms with E-state index in [1.54, 1.807) is 6.07 Å². The summed E-state index contributed by atoms with van der Waals surface area (Å²) < 4.78 is 5.67. The minimum Gasteiger partial charge on any atom is -0.482 e. The number of likely N-dealkylation sites (N-methyl/N-ethyl adjacent to an activating group) is 1. The molecule has 1 aromatic rings. The molecular weight excluding hydrogens is 332 g/mol. The number of halogens is 1. The normalized spacial score (nSPS) is 13.0. The van der Waals surface area contributed by atoms with Gasteiger partial charge in [0.2, 0.25) is 0 Å². The molecule has 0 radical (unpaired) electrons. The Morgan fingerprint density at radius 1 is 1.50 bits per heavy atom. The van der Waals surface area contributed by atoms with Crippen LogP contribution in [-0.4, -0.2) is 48.0 Å². The summed E-state index contributed by atoms with van der Waals surface area (Å²) in [7, 11) is 1.39. The summed E-state index contributed by atoms with van der Waals surface area (Å²) in [4.78, 5) is 35.0. The van der Waals surface area contributed by atoms with Gasteiger partial charge in [-0.2, -0.15) is 0 Å². The molecule has 0 fully saturated rings. The Hall–Kier alpha value is -2.09. The molecule has 0 aliphatic carbocycles. The number of hydrogen-bond acceptors (Lipinski definition) is 4. The number of carbonyl (C=O) groups is 3. The largest absolute Gasteiger partial charge is 0.482 e. The van der Waals surface area contributed by atoms with Crippen LogP contribution in [0, 0.1) is 0 Å². The van der Waals surface area contributed by atoms with Gasteiger partial charge in [-0.05, 0) is 28.1 Å². The fourth-order valence-electron chi connectivity index (χ4n) is 1.74. The van der Waals surface area contributed by atoms with Crippen LogP contribution in [-0.2, 0) is 9.59 Å². The van der Waals surface area contributed by atoms with Gasteiger partial charge in [0.05, 0.1) is 11.3 Å². The van der Waals surface area contributed by atoms with Crippen molar-refractivity contribution in [2.24, 2.45) is 0 Å². The number of aliphatic carboxylic acids is 1. The molecular formula is C12H11BrN2O5. The Labute approximate surface area is 122 Å². The van der Waals surface area contributed by atoms with Crippen LogP contribution in [0.4, 0.5) is 5.69 Å². The predicted octanol–water partition coefficient (Wildman–Crippen LogP) is 0.937. The minimum absolute atomic E-state index is 0.118. The Balaban J connectivity index is 2.31. The third-order valence-corrected chi connectivity index (χ3v) is 3.31. The number of nitrogens with one attached hydrogen (secondary N) is 1. The first-order chi connectivity index (χ1) is 9.38. The van der Waals surface area contributed by atoms with E-state index in [4.69, 9.17) is 9.84 Å². The summed E-state index contributed by atoms with van der Waals surface area (Å²) in [5, 5.41) is 11.3. The molecule has 0 atom stereocenters. The van der Waals surface area contributed by atoms with E-state index in [0.29, 0.717) is 15.9 Å². The number of rotatable bonds is 3. The Morgan fingerprint density at radius 2 is 2.20 bits per heavy atom. The molecule has 2 amide bonds. The van der Waals surface area contributed by atoms with Crippen LogP contribution in [0.3, 0.4) is 0 Å². The topological polar surface area (TPSA) is 95.9 Å². The van der Waals surface area contributed by atoms with Gasteiger partial charge in [-0.1, -0.05) is 0 Å². The van der Waals surface area contributed by atoms with Gasteiger partial charge in [0.1, 0.15) is 12.3 Å². The van der Waals surface area contributed by atoms with Crippen molar-refractivity contribution in [3.63, 3.8) is 0 Å². The molecule has 1 aliphatic rings. The van der Waals surface area contributed by atoms with Crippen molar-refractivity contribution in [3.8, 4) is 5.75 Å². The standard InChI is InChI=1S/C12H11BrN2O5/c1-15(4-11(17)18)12(19)6-2-9-8(3-7(6)13)14-10(16)5-20-9/h2-3H,4-5H2,1H3,(H,14,16)(H,17,18). The first-order valence-electron chi connectivity index (χ1n) is 5.62. The van der Waals surface area contributed by atoms with E-state index in [2.05, 4.69) is 21.2 Å². The molecule has 8 heteroatoms. The van der Waals surface area contributed by atoms with Crippen LogP contribution in [0.5, 0.6) is 5.75 Å². The lowest BCUT2D eigenvalue weighted by molar-refractivity contribution is -0.137. The van der Waals surface area contributed by atoms with E-state index in [-0.39, 0.29) is 18.1 Å². The number of carboxylic acid groups (broad SMARTS) is 1. The van der Waals surface area contributed by atoms with E-state index in [0.717, 1.165) is 4.90 Å². The van der Waals surface area contributed by atoms with Crippen molar-refractivity contribution < 1.29 is 24.2 Å². The number of carbonyl (C=O) groups excluding carboxylic acids is 2. The van der Waals surface area contributed by atoms with Gasteiger partial charge in [0, 0.05) is 11.5 Å². The highest BCUT2D eigenvalue weighted by Gasteiger charge is 2.23. The van der Waals surface area contributed by atoms with Crippen LogP contribution >= 0.6 is 15.9 Å². The minimum atomic E-state index is -1.10. The van der Waals surface area contributed by atoms with Crippen LogP contribution in [0.15, 0.2) is 16.6 Å². The Kier molecular flexibility index (Phi) is 3.93. The lowest BCUT2D eigenvalue weighted by Gasteiger charge is -2.21. The second-order valence-corrected chi connectivity index (χ2v) is 5.07. The van der Waals surface area contributed by atoms with Crippen LogP contribution in [0.25, 0.3) is 0 Å². The highest BCUT2D eigenvalue weighted by molar-refractivity contribution is 9.10. The number of amides is 2. The number of anilines is 1. The predicted molar refractivity (Wildman–Crippen MR) is 72.9 cm³/mol. The molecule has 1 aromatic carbocycles. The second kappa shape index (κ2) is 5.49. The maximum Gasteiger partial charge on any atom is 0.323 e. The summed E-state index contributed by atoms with van der Waals surface area (Å²) in [6, 6.07) is 3.02. The second-order valence-electron chi connectivity index (χ2n) is 4.22. The van der Waals surface area contributed by atoms with Gasteiger partial charge >= 0.3 is 5.97 Å². The van der Waals surface area contributed by atoms with Gasteiger partial charge in [0.15, 0.2) is 6.61 Å². The average Bonchev–Trinajstić information content (AvgIpc) is 2.36. The fraction of sp³-hybridized carbons (Fsp3) is 0.250. The van der Waals surface area contributed by atoms with Gasteiger partial charge < -0.3 is 20.1 Å². The van der Waals surface area contributed by atoms with Crippen molar-refractivity contribution in [1.82, 2.24) is 4.90 Å². The smallest absolute Gasteiger partial charge is 0.323 e. The zero-order valence-electron chi connectivity index (χ0n) is 10.5.